The van der Waals surface area contributed by atoms with E-state index >= 15 is 0 Å². The van der Waals surface area contributed by atoms with Gasteiger partial charge in [-0.2, -0.15) is 0 Å². The van der Waals surface area contributed by atoms with Gasteiger partial charge in [-0.15, -0.1) is 0 Å². The third-order valence-corrected chi connectivity index (χ3v) is 1.80. The lowest BCUT2D eigenvalue weighted by molar-refractivity contribution is 0.355. The minimum absolute atomic E-state index is 0.490. The van der Waals surface area contributed by atoms with Crippen LogP contribution in [0.5, 0.6) is 5.75 Å². The zero-order chi connectivity index (χ0) is 8.97. The summed E-state index contributed by atoms with van der Waals surface area (Å²) in [5.41, 5.74) is 1.25. The fourth-order valence-corrected chi connectivity index (χ4v) is 1.20. The molecule has 1 radical (unpaired) electrons. The van der Waals surface area contributed by atoms with Crippen molar-refractivity contribution in [3.8, 4) is 5.75 Å². The van der Waals surface area contributed by atoms with Gasteiger partial charge in [-0.3, -0.25) is 0 Å². The van der Waals surface area contributed by atoms with Gasteiger partial charge in [0.2, 0.25) is 0 Å². The van der Waals surface area contributed by atoms with Crippen molar-refractivity contribution in [1.82, 2.24) is 0 Å². The summed E-state index contributed by atoms with van der Waals surface area (Å²) in [5, 5.41) is 0. The Bertz CT molecular complexity index is 241. The second-order valence-corrected chi connectivity index (χ2v) is 3.04. The summed E-state index contributed by atoms with van der Waals surface area (Å²) in [6.45, 7) is 8.47. The van der Waals surface area contributed by atoms with Crippen LogP contribution in [0.25, 0.3) is 0 Å². The molecule has 0 heterocycles. The minimum Gasteiger partial charge on any atom is -0.493 e. The molecule has 0 aliphatic rings. The molecule has 0 saturated carbocycles. The Morgan fingerprint density at radius 1 is 1.33 bits per heavy atom. The van der Waals surface area contributed by atoms with Crippen molar-refractivity contribution in [2.75, 3.05) is 6.61 Å². The van der Waals surface area contributed by atoms with Gasteiger partial charge < -0.3 is 4.74 Å². The lowest BCUT2D eigenvalue weighted by Crippen LogP contribution is -1.97. The highest BCUT2D eigenvalue weighted by atomic mass is 16.5. The van der Waals surface area contributed by atoms with Crippen LogP contribution in [0.3, 0.4) is 0 Å². The number of hydrogen-bond acceptors (Lipinski definition) is 1. The molecule has 1 rings (SSSR count). The van der Waals surface area contributed by atoms with E-state index in [1.54, 1.807) is 0 Å². The molecule has 1 heteroatoms. The number of rotatable bonds is 3. The maximum Gasteiger partial charge on any atom is 0.122 e. The third kappa shape index (κ3) is 2.00. The largest absolute Gasteiger partial charge is 0.493 e. The van der Waals surface area contributed by atoms with Gasteiger partial charge in [-0.05, 0) is 24.5 Å². The van der Waals surface area contributed by atoms with E-state index in [-0.39, 0.29) is 0 Å². The molecule has 0 unspecified atom stereocenters. The molecule has 0 N–H and O–H groups in total. The summed E-state index contributed by atoms with van der Waals surface area (Å²) >= 11 is 0. The summed E-state index contributed by atoms with van der Waals surface area (Å²) in [6.07, 6.45) is 0. The van der Waals surface area contributed by atoms with E-state index in [1.807, 2.05) is 18.2 Å². The molecule has 0 atom stereocenters. The van der Waals surface area contributed by atoms with Crippen molar-refractivity contribution in [2.24, 2.45) is 0 Å². The summed E-state index contributed by atoms with van der Waals surface area (Å²) in [7, 11) is 0. The Kier molecular flexibility index (Phi) is 3.15. The first-order valence-corrected chi connectivity index (χ1v) is 4.26. The highest BCUT2D eigenvalue weighted by Crippen LogP contribution is 2.25. The molecule has 0 saturated heterocycles. The van der Waals surface area contributed by atoms with Crippen LogP contribution in [0.4, 0.5) is 0 Å². The molecule has 0 bridgehead atoms. The zero-order valence-corrected chi connectivity index (χ0v) is 7.71. The average Bonchev–Trinajstić information content (AvgIpc) is 2.05. The van der Waals surface area contributed by atoms with Crippen LogP contribution in [0, 0.1) is 6.92 Å². The van der Waals surface area contributed by atoms with Crippen LogP contribution in [-0.4, -0.2) is 6.61 Å². The van der Waals surface area contributed by atoms with Gasteiger partial charge in [0.05, 0.1) is 6.61 Å². The van der Waals surface area contributed by atoms with E-state index in [0.717, 1.165) is 5.75 Å². The van der Waals surface area contributed by atoms with E-state index < -0.39 is 0 Å². The Morgan fingerprint density at radius 3 is 2.58 bits per heavy atom. The van der Waals surface area contributed by atoms with E-state index in [4.69, 9.17) is 4.74 Å². The maximum atomic E-state index is 5.39. The van der Waals surface area contributed by atoms with Crippen molar-refractivity contribution in [2.45, 2.75) is 19.8 Å². The topological polar surface area (TPSA) is 9.23 Å². The first-order valence-electron chi connectivity index (χ1n) is 4.26. The third-order valence-electron chi connectivity index (χ3n) is 1.80. The zero-order valence-electron chi connectivity index (χ0n) is 7.71. The quantitative estimate of drug-likeness (QED) is 0.665. The van der Waals surface area contributed by atoms with Crippen LogP contribution in [0.15, 0.2) is 24.3 Å². The lowest BCUT2D eigenvalue weighted by atomic mass is 10.0. The molecule has 1 nitrogen and oxygen atoms in total. The summed E-state index contributed by atoms with van der Waals surface area (Å²) in [6, 6.07) is 8.10. The molecule has 0 aliphatic heterocycles. The van der Waals surface area contributed by atoms with Crippen molar-refractivity contribution in [3.63, 3.8) is 0 Å². The molecule has 0 aromatic heterocycles. The van der Waals surface area contributed by atoms with Gasteiger partial charge in [-0.1, -0.05) is 32.0 Å². The first-order chi connectivity index (χ1) is 5.75. The highest BCUT2D eigenvalue weighted by molar-refractivity contribution is 5.35. The fraction of sp³-hybridized carbons (Fsp3) is 0.364. The number of hydrogen-bond donors (Lipinski definition) is 0. The van der Waals surface area contributed by atoms with Crippen molar-refractivity contribution >= 4 is 0 Å². The highest BCUT2D eigenvalue weighted by Gasteiger charge is 2.04. The molecular formula is C11H15O. The number of ether oxygens (including phenoxy) is 1. The SMILES string of the molecule is [CH2]COc1ccccc1C(C)C. The van der Waals surface area contributed by atoms with Crippen molar-refractivity contribution in [3.05, 3.63) is 36.8 Å². The molecule has 12 heavy (non-hydrogen) atoms. The van der Waals surface area contributed by atoms with Crippen LogP contribution < -0.4 is 4.74 Å². The minimum atomic E-state index is 0.490. The Morgan fingerprint density at radius 2 is 2.00 bits per heavy atom. The molecule has 0 spiro atoms. The van der Waals surface area contributed by atoms with Gasteiger partial charge in [0.1, 0.15) is 5.75 Å². The van der Waals surface area contributed by atoms with E-state index in [9.17, 15) is 0 Å². The van der Waals surface area contributed by atoms with E-state index in [1.165, 1.54) is 5.56 Å². The number of benzene rings is 1. The van der Waals surface area contributed by atoms with Gasteiger partial charge in [-0.25, -0.2) is 0 Å². The molecule has 0 aliphatic carbocycles. The predicted octanol–water partition coefficient (Wildman–Crippen LogP) is 3.02. The van der Waals surface area contributed by atoms with Gasteiger partial charge in [0.25, 0.3) is 0 Å². The molecule has 1 aromatic rings. The van der Waals surface area contributed by atoms with Gasteiger partial charge >= 0.3 is 0 Å². The first kappa shape index (κ1) is 9.11. The van der Waals surface area contributed by atoms with Crippen LogP contribution in [0.2, 0.25) is 0 Å². The fourth-order valence-electron chi connectivity index (χ4n) is 1.20. The molecule has 65 valence electrons. The summed E-state index contributed by atoms with van der Waals surface area (Å²) in [5.74, 6) is 1.47. The Hall–Kier alpha value is -0.980. The molecule has 1 aromatic carbocycles. The second-order valence-electron chi connectivity index (χ2n) is 3.04. The monoisotopic (exact) mass is 163 g/mol. The van der Waals surface area contributed by atoms with Gasteiger partial charge in [0, 0.05) is 0 Å². The summed E-state index contributed by atoms with van der Waals surface area (Å²) in [4.78, 5) is 0. The smallest absolute Gasteiger partial charge is 0.122 e. The van der Waals surface area contributed by atoms with Crippen molar-refractivity contribution in [1.29, 1.82) is 0 Å². The summed E-state index contributed by atoms with van der Waals surface area (Å²) < 4.78 is 5.39. The average molecular weight is 163 g/mol. The lowest BCUT2D eigenvalue weighted by Gasteiger charge is -2.11. The van der Waals surface area contributed by atoms with E-state index in [2.05, 4.69) is 26.8 Å². The van der Waals surface area contributed by atoms with Crippen LogP contribution in [0.1, 0.15) is 25.3 Å². The second kappa shape index (κ2) is 4.15. The van der Waals surface area contributed by atoms with Crippen molar-refractivity contribution < 1.29 is 4.74 Å². The standard InChI is InChI=1S/C11H15O/c1-4-12-11-8-6-5-7-10(11)9(2)3/h5-9H,1,4H2,2-3H3. The molecular weight excluding hydrogens is 148 g/mol. The predicted molar refractivity (Wildman–Crippen MR) is 51.4 cm³/mol. The van der Waals surface area contributed by atoms with Crippen LogP contribution in [-0.2, 0) is 0 Å². The van der Waals surface area contributed by atoms with Crippen LogP contribution >= 0.6 is 0 Å². The molecule has 0 fully saturated rings. The maximum absolute atomic E-state index is 5.39. The Balaban J connectivity index is 2.92. The Labute approximate surface area is 74.4 Å². The normalized spacial score (nSPS) is 10.3. The number of para-hydroxylation sites is 1. The molecule has 0 amide bonds. The van der Waals surface area contributed by atoms with Gasteiger partial charge in [0.15, 0.2) is 0 Å². The van der Waals surface area contributed by atoms with E-state index in [0.29, 0.717) is 12.5 Å².